The van der Waals surface area contributed by atoms with E-state index in [2.05, 4.69) is 34.3 Å². The lowest BCUT2D eigenvalue weighted by Gasteiger charge is -2.25. The first-order valence-electron chi connectivity index (χ1n) is 6.26. The average Bonchev–Trinajstić information content (AvgIpc) is 2.67. The van der Waals surface area contributed by atoms with Crippen molar-refractivity contribution in [3.8, 4) is 0 Å². The molecule has 0 aromatic carbocycles. The van der Waals surface area contributed by atoms with Gasteiger partial charge in [-0.2, -0.15) is 5.10 Å². The van der Waals surface area contributed by atoms with Crippen LogP contribution in [-0.4, -0.2) is 36.8 Å². The number of fused-ring (bicyclic) bond motifs is 1. The molecular formula is C12H19N5O2. The highest BCUT2D eigenvalue weighted by Gasteiger charge is 2.21. The van der Waals surface area contributed by atoms with E-state index < -0.39 is 5.60 Å². The van der Waals surface area contributed by atoms with Gasteiger partial charge in [0.2, 0.25) is 0 Å². The number of aromatic amines is 1. The minimum absolute atomic E-state index is 0.319. The molecule has 0 radical (unpaired) electrons. The second-order valence-corrected chi connectivity index (χ2v) is 5.48. The molecule has 2 aromatic rings. The Morgan fingerprint density at radius 1 is 1.58 bits per heavy atom. The molecule has 2 aromatic heterocycles. The van der Waals surface area contributed by atoms with E-state index in [9.17, 15) is 9.90 Å². The average molecular weight is 265 g/mol. The maximum Gasteiger partial charge on any atom is 0.348 e. The topological polar surface area (TPSA) is 95.3 Å². The minimum Gasteiger partial charge on any atom is -0.388 e. The third-order valence-electron chi connectivity index (χ3n) is 2.81. The van der Waals surface area contributed by atoms with Gasteiger partial charge in [-0.1, -0.05) is 13.8 Å². The van der Waals surface area contributed by atoms with Gasteiger partial charge in [-0.25, -0.2) is 19.3 Å². The number of aliphatic hydroxyl groups is 1. The van der Waals surface area contributed by atoms with Gasteiger partial charge < -0.3 is 10.4 Å². The lowest BCUT2D eigenvalue weighted by Crippen LogP contribution is -2.35. The smallest absolute Gasteiger partial charge is 0.348 e. The second kappa shape index (κ2) is 5.00. The van der Waals surface area contributed by atoms with Crippen molar-refractivity contribution in [2.45, 2.75) is 32.8 Å². The van der Waals surface area contributed by atoms with Gasteiger partial charge in [0.05, 0.1) is 5.60 Å². The van der Waals surface area contributed by atoms with Gasteiger partial charge in [0.15, 0.2) is 5.65 Å². The molecule has 104 valence electrons. The Balaban J connectivity index is 2.07. The highest BCUT2D eigenvalue weighted by Crippen LogP contribution is 2.17. The van der Waals surface area contributed by atoms with Crippen molar-refractivity contribution in [3.63, 3.8) is 0 Å². The first-order chi connectivity index (χ1) is 8.87. The fourth-order valence-electron chi connectivity index (χ4n) is 2.14. The summed E-state index contributed by atoms with van der Waals surface area (Å²) in [6.07, 6.45) is 2.10. The molecule has 0 aliphatic rings. The minimum atomic E-state index is -0.798. The predicted octanol–water partition coefficient (Wildman–Crippen LogP) is 0.627. The highest BCUT2D eigenvalue weighted by atomic mass is 16.3. The van der Waals surface area contributed by atoms with E-state index in [0.717, 1.165) is 0 Å². The second-order valence-electron chi connectivity index (χ2n) is 5.48. The molecule has 0 aliphatic carbocycles. The van der Waals surface area contributed by atoms with Crippen molar-refractivity contribution in [3.05, 3.63) is 22.9 Å². The molecule has 0 amide bonds. The monoisotopic (exact) mass is 265 g/mol. The standard InChI is InChI=1S/C12H19N5O2/c1-8(2)5-12(3,19)6-13-9-4-10-15-16-11(18)17(10)7-14-9/h4,7-8,13,19H,5-6H2,1-3H3,(H,16,18). The normalized spacial score (nSPS) is 14.8. The van der Waals surface area contributed by atoms with Crippen LogP contribution in [0, 0.1) is 5.92 Å². The molecule has 0 saturated carbocycles. The first kappa shape index (κ1) is 13.5. The van der Waals surface area contributed by atoms with E-state index in [1.165, 1.54) is 10.7 Å². The molecule has 0 saturated heterocycles. The number of H-pyrrole nitrogens is 1. The number of nitrogens with one attached hydrogen (secondary N) is 2. The Kier molecular flexibility index (Phi) is 3.57. The molecule has 19 heavy (non-hydrogen) atoms. The molecule has 7 heteroatoms. The Morgan fingerprint density at radius 2 is 2.32 bits per heavy atom. The zero-order valence-electron chi connectivity index (χ0n) is 11.3. The van der Waals surface area contributed by atoms with Gasteiger partial charge in [-0.15, -0.1) is 0 Å². The molecular weight excluding hydrogens is 246 g/mol. The van der Waals surface area contributed by atoms with Crippen LogP contribution in [0.3, 0.4) is 0 Å². The number of aromatic nitrogens is 4. The van der Waals surface area contributed by atoms with E-state index in [4.69, 9.17) is 0 Å². The van der Waals surface area contributed by atoms with Crippen LogP contribution in [0.15, 0.2) is 17.2 Å². The summed E-state index contributed by atoms with van der Waals surface area (Å²) in [5.41, 5.74) is -0.625. The molecule has 3 N–H and O–H groups in total. The van der Waals surface area contributed by atoms with Gasteiger partial charge in [0.1, 0.15) is 12.1 Å². The van der Waals surface area contributed by atoms with Crippen molar-refractivity contribution >= 4 is 11.5 Å². The summed E-state index contributed by atoms with van der Waals surface area (Å²) in [7, 11) is 0. The third kappa shape index (κ3) is 3.31. The number of hydrogen-bond acceptors (Lipinski definition) is 5. The summed E-state index contributed by atoms with van der Waals surface area (Å²) < 4.78 is 1.32. The third-order valence-corrected chi connectivity index (χ3v) is 2.81. The molecule has 1 unspecified atom stereocenters. The van der Waals surface area contributed by atoms with Crippen molar-refractivity contribution in [1.29, 1.82) is 0 Å². The van der Waals surface area contributed by atoms with Crippen LogP contribution in [0.25, 0.3) is 5.65 Å². The highest BCUT2D eigenvalue weighted by molar-refractivity contribution is 5.48. The SMILES string of the molecule is CC(C)CC(C)(O)CNc1cc2n[nH]c(=O)n2cn1. The van der Waals surface area contributed by atoms with Crippen LogP contribution < -0.4 is 11.0 Å². The maximum atomic E-state index is 11.3. The largest absolute Gasteiger partial charge is 0.388 e. The van der Waals surface area contributed by atoms with Crippen LogP contribution in [-0.2, 0) is 0 Å². The van der Waals surface area contributed by atoms with Crippen molar-refractivity contribution in [2.24, 2.45) is 5.92 Å². The lowest BCUT2D eigenvalue weighted by atomic mass is 9.94. The van der Waals surface area contributed by atoms with Crippen LogP contribution in [0.2, 0.25) is 0 Å². The Bertz CT molecular complexity index is 614. The summed E-state index contributed by atoms with van der Waals surface area (Å²) in [4.78, 5) is 15.4. The van der Waals surface area contributed by atoms with Crippen molar-refractivity contribution in [1.82, 2.24) is 19.6 Å². The zero-order valence-corrected chi connectivity index (χ0v) is 11.3. The van der Waals surface area contributed by atoms with Crippen molar-refractivity contribution in [2.75, 3.05) is 11.9 Å². The van der Waals surface area contributed by atoms with E-state index in [-0.39, 0.29) is 5.69 Å². The van der Waals surface area contributed by atoms with E-state index in [1.807, 2.05) is 0 Å². The number of nitrogens with zero attached hydrogens (tertiary/aromatic N) is 3. The quantitative estimate of drug-likeness (QED) is 0.737. The molecule has 0 bridgehead atoms. The molecule has 0 aliphatic heterocycles. The van der Waals surface area contributed by atoms with Crippen LogP contribution in [0.4, 0.5) is 5.82 Å². The van der Waals surface area contributed by atoms with Gasteiger partial charge in [0, 0.05) is 12.6 Å². The van der Waals surface area contributed by atoms with Gasteiger partial charge >= 0.3 is 5.69 Å². The molecule has 1 atom stereocenters. The summed E-state index contributed by atoms with van der Waals surface area (Å²) in [5.74, 6) is 0.993. The van der Waals surface area contributed by atoms with Crippen molar-refractivity contribution < 1.29 is 5.11 Å². The van der Waals surface area contributed by atoms with Gasteiger partial charge in [-0.3, -0.25) is 0 Å². The van der Waals surface area contributed by atoms with Crippen LogP contribution in [0.5, 0.6) is 0 Å². The summed E-state index contributed by atoms with van der Waals surface area (Å²) in [6.45, 7) is 6.31. The van der Waals surface area contributed by atoms with E-state index >= 15 is 0 Å². The molecule has 0 spiro atoms. The first-order valence-corrected chi connectivity index (χ1v) is 6.26. The van der Waals surface area contributed by atoms with E-state index in [0.29, 0.717) is 30.3 Å². The number of rotatable bonds is 5. The fourth-order valence-corrected chi connectivity index (χ4v) is 2.14. The summed E-state index contributed by atoms with van der Waals surface area (Å²) >= 11 is 0. The summed E-state index contributed by atoms with van der Waals surface area (Å²) in [6, 6.07) is 1.66. The van der Waals surface area contributed by atoms with E-state index in [1.54, 1.807) is 13.0 Å². The predicted molar refractivity (Wildman–Crippen MR) is 72.2 cm³/mol. The fraction of sp³-hybridized carbons (Fsp3) is 0.583. The Morgan fingerprint density at radius 3 is 3.00 bits per heavy atom. The molecule has 0 fully saturated rings. The summed E-state index contributed by atoms with van der Waals surface area (Å²) in [5, 5.41) is 19.5. The Labute approximate surface area is 110 Å². The molecule has 2 rings (SSSR count). The van der Waals surface area contributed by atoms with Gasteiger partial charge in [-0.05, 0) is 19.3 Å². The number of hydrogen-bond donors (Lipinski definition) is 3. The van der Waals surface area contributed by atoms with Gasteiger partial charge in [0.25, 0.3) is 0 Å². The zero-order chi connectivity index (χ0) is 14.0. The maximum absolute atomic E-state index is 11.3. The Hall–Kier alpha value is -1.89. The molecule has 7 nitrogen and oxygen atoms in total. The van der Waals surface area contributed by atoms with Crippen LogP contribution >= 0.6 is 0 Å². The number of anilines is 1. The van der Waals surface area contributed by atoms with Crippen LogP contribution in [0.1, 0.15) is 27.2 Å². The lowest BCUT2D eigenvalue weighted by molar-refractivity contribution is 0.0515. The molecule has 2 heterocycles.